The second-order valence-corrected chi connectivity index (χ2v) is 4.04. The maximum Gasteiger partial charge on any atom is 0.224 e. The molecule has 20 heavy (non-hydrogen) atoms. The van der Waals surface area contributed by atoms with E-state index in [2.05, 4.69) is 17.0 Å². The predicted octanol–water partition coefficient (Wildman–Crippen LogP) is 0.730. The van der Waals surface area contributed by atoms with Crippen LogP contribution in [0.5, 0.6) is 0 Å². The van der Waals surface area contributed by atoms with Gasteiger partial charge in [-0.1, -0.05) is 6.92 Å². The lowest BCUT2D eigenvalue weighted by Gasteiger charge is -2.05. The number of hydrogen-bond donors (Lipinski definition) is 4. The van der Waals surface area contributed by atoms with Crippen molar-refractivity contribution in [3.63, 3.8) is 0 Å². The SMILES string of the molecule is CCC(=O)Nc1[c]oc2ccc(C(=N)NN)cc2c1=O. The van der Waals surface area contributed by atoms with Crippen LogP contribution in [0, 0.1) is 11.7 Å². The molecule has 5 N–H and O–H groups in total. The number of fused-ring (bicyclic) bond motifs is 1. The van der Waals surface area contributed by atoms with Gasteiger partial charge in [0.25, 0.3) is 0 Å². The van der Waals surface area contributed by atoms with Crippen molar-refractivity contribution in [3.8, 4) is 0 Å². The van der Waals surface area contributed by atoms with E-state index in [1.165, 1.54) is 6.07 Å². The number of carbonyl (C=O) groups excluding carboxylic acids is 1. The van der Waals surface area contributed by atoms with Gasteiger partial charge < -0.3 is 15.2 Å². The summed E-state index contributed by atoms with van der Waals surface area (Å²) in [7, 11) is 0. The third kappa shape index (κ3) is 2.52. The number of amides is 1. The minimum absolute atomic E-state index is 0.0294. The monoisotopic (exact) mass is 273 g/mol. The van der Waals surface area contributed by atoms with Crippen molar-refractivity contribution in [2.45, 2.75) is 13.3 Å². The minimum atomic E-state index is -0.417. The van der Waals surface area contributed by atoms with Crippen LogP contribution < -0.4 is 22.0 Å². The zero-order valence-electron chi connectivity index (χ0n) is 10.7. The lowest BCUT2D eigenvalue weighted by Crippen LogP contribution is -2.30. The van der Waals surface area contributed by atoms with E-state index < -0.39 is 5.43 Å². The van der Waals surface area contributed by atoms with Gasteiger partial charge in [0.05, 0.1) is 5.39 Å². The van der Waals surface area contributed by atoms with Crippen LogP contribution in [0.1, 0.15) is 18.9 Å². The van der Waals surface area contributed by atoms with Gasteiger partial charge in [-0.25, -0.2) is 5.84 Å². The summed E-state index contributed by atoms with van der Waals surface area (Å²) in [5.41, 5.74) is 2.48. The van der Waals surface area contributed by atoms with Gasteiger partial charge in [0.2, 0.25) is 11.3 Å². The number of benzene rings is 1. The molecule has 0 aliphatic rings. The van der Waals surface area contributed by atoms with Crippen molar-refractivity contribution >= 4 is 28.4 Å². The Balaban J connectivity index is 2.55. The van der Waals surface area contributed by atoms with Crippen LogP contribution >= 0.6 is 0 Å². The third-order valence-electron chi connectivity index (χ3n) is 2.73. The fraction of sp³-hybridized carbons (Fsp3) is 0.154. The Morgan fingerprint density at radius 3 is 2.90 bits per heavy atom. The number of nitrogens with one attached hydrogen (secondary N) is 3. The maximum absolute atomic E-state index is 12.2. The van der Waals surface area contributed by atoms with E-state index in [9.17, 15) is 9.59 Å². The topological polar surface area (TPSA) is 121 Å². The molecule has 7 heteroatoms. The number of carbonyl (C=O) groups is 1. The molecule has 103 valence electrons. The minimum Gasteiger partial charge on any atom is -0.450 e. The molecule has 1 aromatic heterocycles. The Morgan fingerprint density at radius 2 is 2.25 bits per heavy atom. The zero-order chi connectivity index (χ0) is 14.7. The van der Waals surface area contributed by atoms with Crippen molar-refractivity contribution in [1.29, 1.82) is 5.41 Å². The van der Waals surface area contributed by atoms with Gasteiger partial charge in [-0.05, 0) is 18.2 Å². The summed E-state index contributed by atoms with van der Waals surface area (Å²) in [4.78, 5) is 23.5. The van der Waals surface area contributed by atoms with Crippen molar-refractivity contribution in [2.24, 2.45) is 5.84 Å². The first-order chi connectivity index (χ1) is 9.56. The quantitative estimate of drug-likeness (QED) is 0.284. The van der Waals surface area contributed by atoms with Crippen molar-refractivity contribution in [2.75, 3.05) is 5.32 Å². The molecule has 2 aromatic rings. The summed E-state index contributed by atoms with van der Waals surface area (Å²) >= 11 is 0. The number of amidine groups is 1. The van der Waals surface area contributed by atoms with Crippen LogP contribution in [0.2, 0.25) is 0 Å². The lowest BCUT2D eigenvalue weighted by molar-refractivity contribution is -0.115. The largest absolute Gasteiger partial charge is 0.450 e. The smallest absolute Gasteiger partial charge is 0.224 e. The molecule has 2 rings (SSSR count). The molecule has 0 saturated carbocycles. The van der Waals surface area contributed by atoms with Crippen LogP contribution in [-0.2, 0) is 4.79 Å². The number of anilines is 1. The molecule has 0 fully saturated rings. The molecule has 0 aliphatic carbocycles. The van der Waals surface area contributed by atoms with Gasteiger partial charge in [0.15, 0.2) is 6.26 Å². The van der Waals surface area contributed by atoms with Crippen molar-refractivity contribution in [3.05, 3.63) is 40.2 Å². The molecule has 0 aliphatic heterocycles. The summed E-state index contributed by atoms with van der Waals surface area (Å²) in [5, 5.41) is 10.2. The average molecular weight is 273 g/mol. The predicted molar refractivity (Wildman–Crippen MR) is 74.4 cm³/mol. The second kappa shape index (κ2) is 5.54. The highest BCUT2D eigenvalue weighted by molar-refractivity contribution is 5.99. The summed E-state index contributed by atoms with van der Waals surface area (Å²) in [5.74, 6) is 4.83. The first kappa shape index (κ1) is 13.8. The van der Waals surface area contributed by atoms with Crippen molar-refractivity contribution in [1.82, 2.24) is 5.43 Å². The van der Waals surface area contributed by atoms with Gasteiger partial charge >= 0.3 is 0 Å². The number of nitrogens with two attached hydrogens (primary N) is 1. The molecule has 1 amide bonds. The molecule has 1 heterocycles. The van der Waals surface area contributed by atoms with E-state index in [4.69, 9.17) is 15.7 Å². The fourth-order valence-corrected chi connectivity index (χ4v) is 1.63. The Kier molecular flexibility index (Phi) is 3.81. The number of rotatable bonds is 3. The van der Waals surface area contributed by atoms with Gasteiger partial charge in [-0.3, -0.25) is 15.0 Å². The highest BCUT2D eigenvalue weighted by Crippen LogP contribution is 2.15. The Bertz CT molecular complexity index is 736. The van der Waals surface area contributed by atoms with Crippen LogP contribution in [0.4, 0.5) is 5.69 Å². The fourth-order valence-electron chi connectivity index (χ4n) is 1.63. The van der Waals surface area contributed by atoms with Crippen LogP contribution in [-0.4, -0.2) is 11.7 Å². The highest BCUT2D eigenvalue weighted by atomic mass is 16.3. The summed E-state index contributed by atoms with van der Waals surface area (Å²) in [6, 6.07) is 4.60. The molecule has 0 unspecified atom stereocenters. The lowest BCUT2D eigenvalue weighted by atomic mass is 10.1. The van der Waals surface area contributed by atoms with Crippen LogP contribution in [0.15, 0.2) is 27.4 Å². The third-order valence-corrected chi connectivity index (χ3v) is 2.73. The first-order valence-electron chi connectivity index (χ1n) is 5.90. The molecule has 7 nitrogen and oxygen atoms in total. The standard InChI is InChI=1S/C13H13N4O3/c1-2-11(18)16-9-6-20-10-4-3-7(13(14)17-15)5-8(10)12(9)19/h3-5H,2,15H2,1H3,(H2,14,17)(H,16,18). The van der Waals surface area contributed by atoms with E-state index in [0.717, 1.165) is 0 Å². The number of hydrogen-bond acceptors (Lipinski definition) is 5. The Morgan fingerprint density at radius 1 is 1.50 bits per heavy atom. The van der Waals surface area contributed by atoms with E-state index >= 15 is 0 Å². The average Bonchev–Trinajstić information content (AvgIpc) is 2.48. The maximum atomic E-state index is 12.2. The normalized spacial score (nSPS) is 10.3. The zero-order valence-corrected chi connectivity index (χ0v) is 10.7. The molecular weight excluding hydrogens is 260 g/mol. The molecule has 1 radical (unpaired) electrons. The van der Waals surface area contributed by atoms with E-state index in [1.807, 2.05) is 0 Å². The van der Waals surface area contributed by atoms with Crippen molar-refractivity contribution < 1.29 is 9.21 Å². The highest BCUT2D eigenvalue weighted by Gasteiger charge is 2.11. The number of hydrazine groups is 1. The molecule has 0 saturated heterocycles. The van der Waals surface area contributed by atoms with E-state index in [1.54, 1.807) is 19.1 Å². The summed E-state index contributed by atoms with van der Waals surface area (Å²) in [6.45, 7) is 1.67. The molecular formula is C13H13N4O3. The Labute approximate surface area is 114 Å². The molecule has 0 atom stereocenters. The molecule has 0 bridgehead atoms. The van der Waals surface area contributed by atoms with Gasteiger partial charge in [0.1, 0.15) is 17.1 Å². The summed E-state index contributed by atoms with van der Waals surface area (Å²) in [6.07, 6.45) is 2.64. The van der Waals surface area contributed by atoms with Gasteiger partial charge in [-0.2, -0.15) is 0 Å². The first-order valence-corrected chi connectivity index (χ1v) is 5.90. The van der Waals surface area contributed by atoms with Gasteiger partial charge in [0, 0.05) is 12.0 Å². The summed E-state index contributed by atoms with van der Waals surface area (Å²) < 4.78 is 5.18. The second-order valence-electron chi connectivity index (χ2n) is 4.04. The van der Waals surface area contributed by atoms with Crippen LogP contribution in [0.3, 0.4) is 0 Å². The Hall–Kier alpha value is -2.67. The van der Waals surface area contributed by atoms with Crippen LogP contribution in [0.25, 0.3) is 11.0 Å². The molecule has 1 aromatic carbocycles. The van der Waals surface area contributed by atoms with E-state index in [-0.39, 0.29) is 29.2 Å². The van der Waals surface area contributed by atoms with E-state index in [0.29, 0.717) is 11.1 Å². The molecule has 0 spiro atoms. The van der Waals surface area contributed by atoms with Gasteiger partial charge in [-0.15, -0.1) is 0 Å².